The minimum absolute atomic E-state index is 0.0651. The first-order valence-corrected chi connectivity index (χ1v) is 13.4. The molecule has 0 bridgehead atoms. The van der Waals surface area contributed by atoms with Crippen LogP contribution in [0.3, 0.4) is 0 Å². The van der Waals surface area contributed by atoms with Crippen molar-refractivity contribution < 1.29 is 22.8 Å². The van der Waals surface area contributed by atoms with Crippen LogP contribution in [0, 0.1) is 5.41 Å². The molecular formula is C27H33F3N6O2. The van der Waals surface area contributed by atoms with Crippen LogP contribution in [0.2, 0.25) is 0 Å². The molecule has 204 valence electrons. The maximum Gasteiger partial charge on any atom is 0.416 e. The van der Waals surface area contributed by atoms with E-state index < -0.39 is 11.7 Å². The van der Waals surface area contributed by atoms with Gasteiger partial charge in [0.15, 0.2) is 0 Å². The third-order valence-corrected chi connectivity index (χ3v) is 8.58. The summed E-state index contributed by atoms with van der Waals surface area (Å²) in [6.45, 7) is 6.34. The number of piperazine rings is 1. The van der Waals surface area contributed by atoms with E-state index in [2.05, 4.69) is 14.9 Å². The highest BCUT2D eigenvalue weighted by Crippen LogP contribution is 2.40. The molecule has 1 atom stereocenters. The molecule has 1 aromatic carbocycles. The van der Waals surface area contributed by atoms with Gasteiger partial charge in [-0.1, -0.05) is 18.2 Å². The van der Waals surface area contributed by atoms with E-state index in [-0.39, 0.29) is 17.4 Å². The van der Waals surface area contributed by atoms with E-state index in [1.165, 1.54) is 42.0 Å². The number of halogens is 3. The van der Waals surface area contributed by atoms with Gasteiger partial charge in [-0.25, -0.2) is 4.79 Å². The summed E-state index contributed by atoms with van der Waals surface area (Å²) in [4.78, 5) is 34.4. The van der Waals surface area contributed by atoms with Crippen molar-refractivity contribution in [3.05, 3.63) is 53.3 Å². The van der Waals surface area contributed by atoms with Gasteiger partial charge < -0.3 is 9.80 Å². The number of hydrogen-bond donors (Lipinski definition) is 0. The number of nitrogens with zero attached hydrogens (tertiary/aromatic N) is 6. The molecule has 1 aliphatic carbocycles. The quantitative estimate of drug-likeness (QED) is 0.607. The fourth-order valence-corrected chi connectivity index (χ4v) is 6.29. The first kappa shape index (κ1) is 25.4. The van der Waals surface area contributed by atoms with Gasteiger partial charge in [0.25, 0.3) is 5.91 Å². The summed E-state index contributed by atoms with van der Waals surface area (Å²) in [7, 11) is 0. The fraction of sp³-hybridized carbons (Fsp3) is 0.593. The summed E-state index contributed by atoms with van der Waals surface area (Å²) in [5, 5.41) is 4.21. The molecule has 3 aliphatic heterocycles. The summed E-state index contributed by atoms with van der Waals surface area (Å²) in [5.74, 6) is -0.0848. The Hall–Kier alpha value is -2.92. The Balaban J connectivity index is 1.03. The monoisotopic (exact) mass is 530 g/mol. The van der Waals surface area contributed by atoms with E-state index in [0.29, 0.717) is 49.9 Å². The van der Waals surface area contributed by atoms with E-state index >= 15 is 0 Å². The van der Waals surface area contributed by atoms with Crippen LogP contribution in [0.25, 0.3) is 0 Å². The first-order valence-electron chi connectivity index (χ1n) is 13.4. The molecule has 4 heterocycles. The standard InChI is InChI=1S/C27H33F3N6O2/c28-27(29,30)22-3-1-2-20(14-22)16-32-8-6-26(18-32)7-9-35(19-26)25(38)36-17-21(15-31-36)24(37)34-12-10-33(11-13-34)23-4-5-23/h1-3,14-15,17,23H,4-13,16,18-19H2. The second-order valence-corrected chi connectivity index (χ2v) is 11.3. The number of aromatic nitrogens is 2. The lowest BCUT2D eigenvalue weighted by atomic mass is 9.86. The van der Waals surface area contributed by atoms with E-state index in [4.69, 9.17) is 0 Å². The predicted octanol–water partition coefficient (Wildman–Crippen LogP) is 3.39. The smallest absolute Gasteiger partial charge is 0.336 e. The molecule has 0 radical (unpaired) electrons. The van der Waals surface area contributed by atoms with Crippen molar-refractivity contribution in [2.45, 2.75) is 44.4 Å². The van der Waals surface area contributed by atoms with Gasteiger partial charge in [0.1, 0.15) is 0 Å². The molecule has 4 fully saturated rings. The van der Waals surface area contributed by atoms with Crippen LogP contribution in [0.5, 0.6) is 0 Å². The average molecular weight is 531 g/mol. The number of benzene rings is 1. The van der Waals surface area contributed by atoms with Gasteiger partial charge in [0.2, 0.25) is 0 Å². The molecule has 1 spiro atoms. The second kappa shape index (κ2) is 9.68. The molecule has 1 aromatic heterocycles. The minimum atomic E-state index is -4.35. The Kier molecular flexibility index (Phi) is 6.46. The lowest BCUT2D eigenvalue weighted by Crippen LogP contribution is -2.49. The van der Waals surface area contributed by atoms with Gasteiger partial charge in [-0.15, -0.1) is 0 Å². The summed E-state index contributed by atoms with van der Waals surface area (Å²) in [6.07, 6.45) is 2.92. The van der Waals surface area contributed by atoms with E-state index in [1.807, 2.05) is 4.90 Å². The maximum atomic E-state index is 13.2. The van der Waals surface area contributed by atoms with Crippen LogP contribution in [-0.4, -0.2) is 99.7 Å². The first-order chi connectivity index (χ1) is 18.2. The summed E-state index contributed by atoms with van der Waals surface area (Å²) in [5.41, 5.74) is 0.384. The number of likely N-dealkylation sites (tertiary alicyclic amines) is 2. The van der Waals surface area contributed by atoms with Crippen molar-refractivity contribution in [1.29, 1.82) is 0 Å². The van der Waals surface area contributed by atoms with E-state index in [9.17, 15) is 22.8 Å². The molecule has 2 aromatic rings. The molecule has 2 amide bonds. The van der Waals surface area contributed by atoms with Gasteiger partial charge in [-0.05, 0) is 43.9 Å². The van der Waals surface area contributed by atoms with Crippen LogP contribution in [0.1, 0.15) is 47.2 Å². The number of carbonyl (C=O) groups excluding carboxylic acids is 2. The molecule has 8 nitrogen and oxygen atoms in total. The molecule has 38 heavy (non-hydrogen) atoms. The summed E-state index contributed by atoms with van der Waals surface area (Å²) in [6, 6.07) is 5.96. The number of hydrogen-bond acceptors (Lipinski definition) is 5. The van der Waals surface area contributed by atoms with Gasteiger partial charge in [0.05, 0.1) is 17.3 Å². The Morgan fingerprint density at radius 3 is 2.47 bits per heavy atom. The fourth-order valence-electron chi connectivity index (χ4n) is 6.29. The van der Waals surface area contributed by atoms with Crippen molar-refractivity contribution in [3.8, 4) is 0 Å². The predicted molar refractivity (Wildman–Crippen MR) is 133 cm³/mol. The zero-order valence-electron chi connectivity index (χ0n) is 21.4. The Bertz CT molecular complexity index is 1200. The molecule has 0 N–H and O–H groups in total. The van der Waals surface area contributed by atoms with Crippen LogP contribution >= 0.6 is 0 Å². The highest BCUT2D eigenvalue weighted by Gasteiger charge is 2.45. The average Bonchev–Trinajstić information content (AvgIpc) is 3.31. The lowest BCUT2D eigenvalue weighted by Gasteiger charge is -2.34. The van der Waals surface area contributed by atoms with Crippen molar-refractivity contribution in [1.82, 2.24) is 29.4 Å². The van der Waals surface area contributed by atoms with Crippen LogP contribution in [0.15, 0.2) is 36.7 Å². The largest absolute Gasteiger partial charge is 0.416 e. The third kappa shape index (κ3) is 5.18. The molecule has 4 aliphatic rings. The maximum absolute atomic E-state index is 13.2. The van der Waals surface area contributed by atoms with Gasteiger partial charge in [-0.2, -0.15) is 23.0 Å². The van der Waals surface area contributed by atoms with Crippen LogP contribution in [-0.2, 0) is 12.7 Å². The van der Waals surface area contributed by atoms with Crippen LogP contribution in [0.4, 0.5) is 18.0 Å². The zero-order chi connectivity index (χ0) is 26.5. The van der Waals surface area contributed by atoms with Crippen molar-refractivity contribution in [2.75, 3.05) is 52.4 Å². The second-order valence-electron chi connectivity index (χ2n) is 11.3. The molecule has 6 rings (SSSR count). The van der Waals surface area contributed by atoms with Crippen LogP contribution < -0.4 is 0 Å². The number of alkyl halides is 3. The summed E-state index contributed by atoms with van der Waals surface area (Å²) < 4.78 is 40.5. The van der Waals surface area contributed by atoms with E-state index in [0.717, 1.165) is 45.1 Å². The molecular weight excluding hydrogens is 497 g/mol. The van der Waals surface area contributed by atoms with Crippen molar-refractivity contribution in [3.63, 3.8) is 0 Å². The van der Waals surface area contributed by atoms with Gasteiger partial charge >= 0.3 is 12.2 Å². The summed E-state index contributed by atoms with van der Waals surface area (Å²) >= 11 is 0. The minimum Gasteiger partial charge on any atom is -0.336 e. The molecule has 3 saturated heterocycles. The lowest BCUT2D eigenvalue weighted by molar-refractivity contribution is -0.137. The van der Waals surface area contributed by atoms with Crippen molar-refractivity contribution >= 4 is 11.9 Å². The van der Waals surface area contributed by atoms with Gasteiger partial charge in [0, 0.05) is 70.0 Å². The highest BCUT2D eigenvalue weighted by molar-refractivity contribution is 5.94. The Morgan fingerprint density at radius 1 is 0.974 bits per heavy atom. The molecule has 1 saturated carbocycles. The topological polar surface area (TPSA) is 64.9 Å². The molecule has 1 unspecified atom stereocenters. The Labute approximate surface area is 220 Å². The zero-order valence-corrected chi connectivity index (χ0v) is 21.4. The third-order valence-electron chi connectivity index (χ3n) is 8.58. The highest BCUT2D eigenvalue weighted by atomic mass is 19.4. The molecule has 11 heteroatoms. The van der Waals surface area contributed by atoms with Gasteiger partial charge in [-0.3, -0.25) is 14.6 Å². The normalized spacial score (nSPS) is 25.0. The number of rotatable bonds is 4. The van der Waals surface area contributed by atoms with E-state index in [1.54, 1.807) is 11.0 Å². The van der Waals surface area contributed by atoms with Crippen molar-refractivity contribution in [2.24, 2.45) is 5.41 Å². The SMILES string of the molecule is O=C(c1cnn(C(=O)N2CCC3(CCN(Cc4cccc(C(F)(F)F)c4)C3)C2)c1)N1CCN(C2CC2)CC1. The Morgan fingerprint density at radius 2 is 1.74 bits per heavy atom. The number of carbonyl (C=O) groups is 2. The number of amides is 2.